The molecular weight excluding hydrogens is 491 g/mol. The zero-order valence-corrected chi connectivity index (χ0v) is 19.4. The first-order valence-corrected chi connectivity index (χ1v) is 11.2. The van der Waals surface area contributed by atoms with Crippen LogP contribution in [0.4, 0.5) is 24.5 Å². The Morgan fingerprint density at radius 2 is 1.92 bits per heavy atom. The quantitative estimate of drug-likeness (QED) is 0.315. The van der Waals surface area contributed by atoms with Crippen molar-refractivity contribution in [3.63, 3.8) is 0 Å². The zero-order chi connectivity index (χ0) is 26.3. The first-order valence-electron chi connectivity index (χ1n) is 11.2. The summed E-state index contributed by atoms with van der Waals surface area (Å²) in [7, 11) is 1.86. The molecule has 2 aliphatic heterocycles. The Kier molecular flexibility index (Phi) is 5.98. The number of fused-ring (bicyclic) bond motifs is 1. The SMILES string of the molecule is CN1CCOc2ccc(/C(O)=C3/C(=O)C(=O)N(c4cccc(OC(F)(F)F)c4)C3c3ccccn3)cc21. The molecule has 5 rings (SSSR count). The van der Waals surface area contributed by atoms with E-state index in [1.165, 1.54) is 18.3 Å². The van der Waals surface area contributed by atoms with Gasteiger partial charge in [0.2, 0.25) is 0 Å². The number of carbonyl (C=O) groups excluding carboxylic acids is 2. The smallest absolute Gasteiger partial charge is 0.507 e. The number of likely N-dealkylation sites (N-methyl/N-ethyl adjacent to an activating group) is 1. The molecule has 2 aliphatic rings. The number of aliphatic hydroxyl groups is 1. The number of ether oxygens (including phenoxy) is 2. The van der Waals surface area contributed by atoms with Gasteiger partial charge in [-0.1, -0.05) is 12.1 Å². The number of alkyl halides is 3. The molecule has 3 aromatic rings. The Morgan fingerprint density at radius 3 is 2.65 bits per heavy atom. The highest BCUT2D eigenvalue weighted by molar-refractivity contribution is 6.51. The number of nitrogens with zero attached hydrogens (tertiary/aromatic N) is 3. The maximum absolute atomic E-state index is 13.3. The summed E-state index contributed by atoms with van der Waals surface area (Å²) in [6.07, 6.45) is -3.50. The van der Waals surface area contributed by atoms with Crippen LogP contribution >= 0.6 is 0 Å². The molecule has 37 heavy (non-hydrogen) atoms. The van der Waals surface area contributed by atoms with E-state index in [-0.39, 0.29) is 22.5 Å². The van der Waals surface area contributed by atoms with Gasteiger partial charge in [0.25, 0.3) is 11.7 Å². The summed E-state index contributed by atoms with van der Waals surface area (Å²) in [6.45, 7) is 1.11. The van der Waals surface area contributed by atoms with Crippen LogP contribution in [0.2, 0.25) is 0 Å². The number of benzene rings is 2. The van der Waals surface area contributed by atoms with E-state index in [2.05, 4.69) is 9.72 Å². The van der Waals surface area contributed by atoms with Gasteiger partial charge in [-0.3, -0.25) is 19.5 Å². The first kappa shape index (κ1) is 24.2. The molecule has 0 spiro atoms. The Bertz CT molecular complexity index is 1410. The number of rotatable bonds is 4. The fourth-order valence-corrected chi connectivity index (χ4v) is 4.40. The molecule has 2 aromatic carbocycles. The predicted molar refractivity (Wildman–Crippen MR) is 127 cm³/mol. The van der Waals surface area contributed by atoms with Gasteiger partial charge >= 0.3 is 6.36 Å². The second-order valence-corrected chi connectivity index (χ2v) is 8.42. The molecule has 1 amide bonds. The fourth-order valence-electron chi connectivity index (χ4n) is 4.40. The number of hydrogen-bond acceptors (Lipinski definition) is 7. The summed E-state index contributed by atoms with van der Waals surface area (Å²) in [5.41, 5.74) is 0.922. The fraction of sp³-hybridized carbons (Fsp3) is 0.192. The van der Waals surface area contributed by atoms with Crippen LogP contribution in [0.5, 0.6) is 11.5 Å². The third-order valence-corrected chi connectivity index (χ3v) is 6.07. The standard InChI is InChI=1S/C26H20F3N3O5/c1-31-11-12-36-20-9-8-15(13-19(20)31)23(33)21-22(18-7-2-3-10-30-18)32(25(35)24(21)34)16-5-4-6-17(14-16)37-26(27,28)29/h2-10,13-14,22,33H,11-12H2,1H3/b23-21-. The Hall–Kier alpha value is -4.54. The van der Waals surface area contributed by atoms with E-state index in [4.69, 9.17) is 4.74 Å². The summed E-state index contributed by atoms with van der Waals surface area (Å²) < 4.78 is 48.1. The van der Waals surface area contributed by atoms with E-state index in [1.54, 1.807) is 36.4 Å². The lowest BCUT2D eigenvalue weighted by atomic mass is 9.97. The van der Waals surface area contributed by atoms with E-state index in [1.807, 2.05) is 11.9 Å². The maximum Gasteiger partial charge on any atom is 0.573 e. The minimum atomic E-state index is -4.95. The monoisotopic (exact) mass is 511 g/mol. The van der Waals surface area contributed by atoms with E-state index in [9.17, 15) is 27.9 Å². The Morgan fingerprint density at radius 1 is 1.11 bits per heavy atom. The molecule has 190 valence electrons. The van der Waals surface area contributed by atoms with Gasteiger partial charge in [-0.05, 0) is 42.5 Å². The van der Waals surface area contributed by atoms with Crippen molar-refractivity contribution in [3.05, 3.63) is 83.7 Å². The first-order chi connectivity index (χ1) is 17.6. The molecule has 1 aromatic heterocycles. The molecule has 0 radical (unpaired) electrons. The van der Waals surface area contributed by atoms with E-state index in [0.717, 1.165) is 17.0 Å². The summed E-state index contributed by atoms with van der Waals surface area (Å²) in [6, 6.07) is 13.2. The van der Waals surface area contributed by atoms with Gasteiger partial charge < -0.3 is 19.5 Å². The molecule has 3 heterocycles. The molecule has 0 aliphatic carbocycles. The molecule has 1 fully saturated rings. The number of carbonyl (C=O) groups is 2. The second-order valence-electron chi connectivity index (χ2n) is 8.42. The van der Waals surface area contributed by atoms with Crippen LogP contribution < -0.4 is 19.3 Å². The number of hydrogen-bond donors (Lipinski definition) is 1. The van der Waals surface area contributed by atoms with Gasteiger partial charge in [-0.2, -0.15) is 0 Å². The third-order valence-electron chi connectivity index (χ3n) is 6.07. The van der Waals surface area contributed by atoms with Crippen LogP contribution in [-0.2, 0) is 9.59 Å². The second kappa shape index (κ2) is 9.16. The van der Waals surface area contributed by atoms with Crippen LogP contribution in [0, 0.1) is 0 Å². The molecule has 1 atom stereocenters. The van der Waals surface area contributed by atoms with Gasteiger partial charge in [0.15, 0.2) is 0 Å². The summed E-state index contributed by atoms with van der Waals surface area (Å²) in [5.74, 6) is -2.43. The van der Waals surface area contributed by atoms with Gasteiger partial charge in [-0.15, -0.1) is 13.2 Å². The number of aliphatic hydroxyl groups excluding tert-OH is 1. The summed E-state index contributed by atoms with van der Waals surface area (Å²) in [5, 5.41) is 11.3. The van der Waals surface area contributed by atoms with Crippen molar-refractivity contribution in [3.8, 4) is 11.5 Å². The number of halogens is 3. The van der Waals surface area contributed by atoms with E-state index < -0.39 is 35.6 Å². The molecule has 1 N–H and O–H groups in total. The number of Topliss-reactive ketones (excluding diaryl/α,β-unsaturated/α-hetero) is 1. The molecule has 0 bridgehead atoms. The molecule has 1 saturated heterocycles. The van der Waals surface area contributed by atoms with Crippen LogP contribution in [0.25, 0.3) is 5.76 Å². The number of amides is 1. The summed E-state index contributed by atoms with van der Waals surface area (Å²) >= 11 is 0. The van der Waals surface area contributed by atoms with Gasteiger partial charge in [-0.25, -0.2) is 0 Å². The number of ketones is 1. The third kappa shape index (κ3) is 4.55. The Balaban J connectivity index is 1.65. The van der Waals surface area contributed by atoms with Crippen molar-refractivity contribution in [2.24, 2.45) is 0 Å². The molecular formula is C26H20F3N3O5. The highest BCUT2D eigenvalue weighted by atomic mass is 19.4. The summed E-state index contributed by atoms with van der Waals surface area (Å²) in [4.78, 5) is 33.7. The molecule has 1 unspecified atom stereocenters. The predicted octanol–water partition coefficient (Wildman–Crippen LogP) is 4.44. The number of aromatic nitrogens is 1. The lowest BCUT2D eigenvalue weighted by Crippen LogP contribution is -2.30. The molecule has 8 nitrogen and oxygen atoms in total. The van der Waals surface area contributed by atoms with Crippen molar-refractivity contribution in [1.82, 2.24) is 4.98 Å². The molecule has 11 heteroatoms. The van der Waals surface area contributed by atoms with Crippen LogP contribution in [0.3, 0.4) is 0 Å². The van der Waals surface area contributed by atoms with E-state index in [0.29, 0.717) is 24.6 Å². The minimum Gasteiger partial charge on any atom is -0.507 e. The highest BCUT2D eigenvalue weighted by Gasteiger charge is 2.48. The highest BCUT2D eigenvalue weighted by Crippen LogP contribution is 2.43. The van der Waals surface area contributed by atoms with Crippen LogP contribution in [0.15, 0.2) is 72.4 Å². The van der Waals surface area contributed by atoms with Crippen molar-refractivity contribution in [1.29, 1.82) is 0 Å². The van der Waals surface area contributed by atoms with Crippen LogP contribution in [0.1, 0.15) is 17.3 Å². The minimum absolute atomic E-state index is 0.0304. The lowest BCUT2D eigenvalue weighted by molar-refractivity contribution is -0.274. The van der Waals surface area contributed by atoms with E-state index >= 15 is 0 Å². The van der Waals surface area contributed by atoms with Crippen LogP contribution in [-0.4, -0.2) is 48.3 Å². The van der Waals surface area contributed by atoms with Gasteiger partial charge in [0.1, 0.15) is 29.9 Å². The maximum atomic E-state index is 13.3. The van der Waals surface area contributed by atoms with Gasteiger partial charge in [0.05, 0.1) is 23.5 Å². The Labute approximate surface area is 209 Å². The normalized spacial score (nSPS) is 19.0. The van der Waals surface area contributed by atoms with Crippen molar-refractivity contribution in [2.45, 2.75) is 12.4 Å². The zero-order valence-electron chi connectivity index (χ0n) is 19.4. The topological polar surface area (TPSA) is 92.2 Å². The lowest BCUT2D eigenvalue weighted by Gasteiger charge is -2.28. The average molecular weight is 511 g/mol. The average Bonchev–Trinajstić information content (AvgIpc) is 3.13. The van der Waals surface area contributed by atoms with Crippen molar-refractivity contribution in [2.75, 3.05) is 30.0 Å². The largest absolute Gasteiger partial charge is 0.573 e. The van der Waals surface area contributed by atoms with Gasteiger partial charge in [0, 0.05) is 30.6 Å². The number of anilines is 2. The number of pyridine rings is 1. The molecule has 0 saturated carbocycles. The van der Waals surface area contributed by atoms with Crippen molar-refractivity contribution >= 4 is 28.8 Å². The van der Waals surface area contributed by atoms with Crippen molar-refractivity contribution < 1.29 is 37.3 Å².